The number of aryl methyl sites for hydroxylation is 1. The third-order valence-corrected chi connectivity index (χ3v) is 4.58. The molecule has 0 aliphatic carbocycles. The Kier molecular flexibility index (Phi) is 3.56. The predicted octanol–water partition coefficient (Wildman–Crippen LogP) is 4.25. The molecule has 0 atom stereocenters. The molecule has 4 heteroatoms. The molecule has 0 spiro atoms. The second-order valence-electron chi connectivity index (χ2n) is 4.57. The summed E-state index contributed by atoms with van der Waals surface area (Å²) in [5.74, 6) is 1.64. The van der Waals surface area contributed by atoms with E-state index in [9.17, 15) is 0 Å². The molecule has 0 amide bonds. The van der Waals surface area contributed by atoms with Gasteiger partial charge in [-0.3, -0.25) is 0 Å². The normalized spacial score (nSPS) is 10.8. The molecule has 3 nitrogen and oxygen atoms in total. The molecule has 3 rings (SSSR count). The van der Waals surface area contributed by atoms with Crippen LogP contribution < -0.4 is 5.32 Å². The van der Waals surface area contributed by atoms with Crippen molar-refractivity contribution < 1.29 is 0 Å². The third kappa shape index (κ3) is 2.24. The van der Waals surface area contributed by atoms with Crippen molar-refractivity contribution in [2.24, 2.45) is 0 Å². The van der Waals surface area contributed by atoms with E-state index in [0.29, 0.717) is 0 Å². The van der Waals surface area contributed by atoms with Gasteiger partial charge in [0.05, 0.1) is 9.26 Å². The Morgan fingerprint density at radius 1 is 1.00 bits per heavy atom. The van der Waals surface area contributed by atoms with Gasteiger partial charge in [-0.15, -0.1) is 0 Å². The highest BCUT2D eigenvalue weighted by atomic mass is 127. The highest BCUT2D eigenvalue weighted by Crippen LogP contribution is 2.28. The van der Waals surface area contributed by atoms with Gasteiger partial charge in [-0.25, -0.2) is 9.97 Å². The Morgan fingerprint density at radius 2 is 1.75 bits per heavy atom. The van der Waals surface area contributed by atoms with Crippen LogP contribution in [0.15, 0.2) is 42.5 Å². The first-order valence-corrected chi connectivity index (χ1v) is 7.48. The molecule has 20 heavy (non-hydrogen) atoms. The van der Waals surface area contributed by atoms with Crippen LogP contribution in [0.5, 0.6) is 0 Å². The van der Waals surface area contributed by atoms with Gasteiger partial charge in [0.2, 0.25) is 0 Å². The SMILES string of the molecule is CNc1nc(-c2cccc3ccccc23)nc(C)c1I. The molecule has 0 bridgehead atoms. The van der Waals surface area contributed by atoms with Crippen molar-refractivity contribution in [1.82, 2.24) is 9.97 Å². The summed E-state index contributed by atoms with van der Waals surface area (Å²) in [6, 6.07) is 14.5. The van der Waals surface area contributed by atoms with Crippen LogP contribution in [-0.2, 0) is 0 Å². The van der Waals surface area contributed by atoms with E-state index in [0.717, 1.165) is 26.5 Å². The average molecular weight is 375 g/mol. The van der Waals surface area contributed by atoms with Gasteiger partial charge in [-0.2, -0.15) is 0 Å². The van der Waals surface area contributed by atoms with Crippen LogP contribution in [0.3, 0.4) is 0 Å². The second kappa shape index (κ2) is 5.36. The van der Waals surface area contributed by atoms with Crippen LogP contribution in [0.4, 0.5) is 5.82 Å². The standard InChI is InChI=1S/C16H14IN3/c1-10-14(17)16(18-2)20-15(19-10)13-9-5-7-11-6-3-4-8-12(11)13/h3-9H,1-2H3,(H,18,19,20). The van der Waals surface area contributed by atoms with E-state index in [-0.39, 0.29) is 0 Å². The fourth-order valence-electron chi connectivity index (χ4n) is 2.27. The number of nitrogens with one attached hydrogen (secondary N) is 1. The summed E-state index contributed by atoms with van der Waals surface area (Å²) < 4.78 is 1.06. The van der Waals surface area contributed by atoms with E-state index in [1.165, 1.54) is 10.8 Å². The van der Waals surface area contributed by atoms with Gasteiger partial charge in [0.15, 0.2) is 5.82 Å². The maximum atomic E-state index is 4.64. The van der Waals surface area contributed by atoms with E-state index in [1.807, 2.05) is 32.2 Å². The van der Waals surface area contributed by atoms with E-state index in [4.69, 9.17) is 0 Å². The number of hydrogen-bond donors (Lipinski definition) is 1. The summed E-state index contributed by atoms with van der Waals surface area (Å²) >= 11 is 2.27. The number of aromatic nitrogens is 2. The molecule has 0 aliphatic rings. The lowest BCUT2D eigenvalue weighted by Gasteiger charge is -2.10. The number of rotatable bonds is 2. The zero-order valence-corrected chi connectivity index (χ0v) is 13.5. The maximum Gasteiger partial charge on any atom is 0.162 e. The van der Waals surface area contributed by atoms with Crippen molar-refractivity contribution in [2.75, 3.05) is 12.4 Å². The van der Waals surface area contributed by atoms with Crippen LogP contribution in [0.25, 0.3) is 22.2 Å². The molecule has 0 saturated carbocycles. The molecular weight excluding hydrogens is 361 g/mol. The van der Waals surface area contributed by atoms with Crippen LogP contribution in [0, 0.1) is 10.5 Å². The summed E-state index contributed by atoms with van der Waals surface area (Å²) in [6.07, 6.45) is 0. The predicted molar refractivity (Wildman–Crippen MR) is 92.0 cm³/mol. The average Bonchev–Trinajstić information content (AvgIpc) is 2.49. The van der Waals surface area contributed by atoms with E-state index in [2.05, 4.69) is 62.1 Å². The molecule has 0 aliphatic heterocycles. The van der Waals surface area contributed by atoms with Gasteiger partial charge in [0.25, 0.3) is 0 Å². The Balaban J connectivity index is 2.28. The molecular formula is C16H14IN3. The topological polar surface area (TPSA) is 37.8 Å². The Morgan fingerprint density at radius 3 is 2.55 bits per heavy atom. The first-order chi connectivity index (χ1) is 9.70. The minimum Gasteiger partial charge on any atom is -0.372 e. The Hall–Kier alpha value is -1.69. The van der Waals surface area contributed by atoms with Crippen molar-refractivity contribution in [3.63, 3.8) is 0 Å². The summed E-state index contributed by atoms with van der Waals surface area (Å²) in [6.45, 7) is 2.01. The minimum absolute atomic E-state index is 0.768. The van der Waals surface area contributed by atoms with Crippen molar-refractivity contribution in [3.05, 3.63) is 51.7 Å². The van der Waals surface area contributed by atoms with Gasteiger partial charge in [0, 0.05) is 12.6 Å². The fraction of sp³-hybridized carbons (Fsp3) is 0.125. The van der Waals surface area contributed by atoms with Crippen LogP contribution in [-0.4, -0.2) is 17.0 Å². The van der Waals surface area contributed by atoms with Gasteiger partial charge in [-0.1, -0.05) is 42.5 Å². The van der Waals surface area contributed by atoms with Crippen LogP contribution in [0.2, 0.25) is 0 Å². The summed E-state index contributed by atoms with van der Waals surface area (Å²) in [7, 11) is 1.89. The van der Waals surface area contributed by atoms with Crippen molar-refractivity contribution in [1.29, 1.82) is 0 Å². The fourth-order valence-corrected chi connectivity index (χ4v) is 2.78. The van der Waals surface area contributed by atoms with Gasteiger partial charge in [-0.05, 0) is 40.3 Å². The first kappa shape index (κ1) is 13.3. The quantitative estimate of drug-likeness (QED) is 0.681. The Bertz CT molecular complexity index is 779. The summed E-state index contributed by atoms with van der Waals surface area (Å²) in [4.78, 5) is 9.29. The van der Waals surface area contributed by atoms with Crippen LogP contribution >= 0.6 is 22.6 Å². The lowest BCUT2D eigenvalue weighted by molar-refractivity contribution is 1.09. The number of halogens is 1. The summed E-state index contributed by atoms with van der Waals surface area (Å²) in [5, 5.41) is 5.52. The number of hydrogen-bond acceptors (Lipinski definition) is 3. The highest BCUT2D eigenvalue weighted by molar-refractivity contribution is 14.1. The number of anilines is 1. The van der Waals surface area contributed by atoms with Crippen molar-refractivity contribution >= 4 is 39.2 Å². The smallest absolute Gasteiger partial charge is 0.162 e. The minimum atomic E-state index is 0.768. The monoisotopic (exact) mass is 375 g/mol. The zero-order chi connectivity index (χ0) is 14.1. The number of benzene rings is 2. The maximum absolute atomic E-state index is 4.64. The summed E-state index contributed by atoms with van der Waals surface area (Å²) in [5.41, 5.74) is 2.06. The van der Waals surface area contributed by atoms with Gasteiger partial charge in [0.1, 0.15) is 5.82 Å². The second-order valence-corrected chi connectivity index (χ2v) is 5.65. The third-order valence-electron chi connectivity index (χ3n) is 3.28. The molecule has 0 unspecified atom stereocenters. The number of nitrogens with zero attached hydrogens (tertiary/aromatic N) is 2. The molecule has 1 aromatic heterocycles. The molecule has 3 aromatic rings. The molecule has 1 N–H and O–H groups in total. The van der Waals surface area contributed by atoms with E-state index < -0.39 is 0 Å². The lowest BCUT2D eigenvalue weighted by atomic mass is 10.0. The van der Waals surface area contributed by atoms with Gasteiger partial charge < -0.3 is 5.32 Å². The Labute approximate surface area is 131 Å². The zero-order valence-electron chi connectivity index (χ0n) is 11.3. The van der Waals surface area contributed by atoms with Crippen molar-refractivity contribution in [3.8, 4) is 11.4 Å². The van der Waals surface area contributed by atoms with E-state index >= 15 is 0 Å². The number of fused-ring (bicyclic) bond motifs is 1. The lowest BCUT2D eigenvalue weighted by Crippen LogP contribution is -2.03. The molecule has 0 radical (unpaired) electrons. The molecule has 100 valence electrons. The molecule has 0 saturated heterocycles. The first-order valence-electron chi connectivity index (χ1n) is 6.40. The van der Waals surface area contributed by atoms with E-state index in [1.54, 1.807) is 0 Å². The highest BCUT2D eigenvalue weighted by Gasteiger charge is 2.11. The van der Waals surface area contributed by atoms with Gasteiger partial charge >= 0.3 is 0 Å². The molecule has 0 fully saturated rings. The largest absolute Gasteiger partial charge is 0.372 e. The molecule has 2 aromatic carbocycles. The van der Waals surface area contributed by atoms with Crippen molar-refractivity contribution in [2.45, 2.75) is 6.92 Å². The van der Waals surface area contributed by atoms with Crippen LogP contribution in [0.1, 0.15) is 5.69 Å². The molecule has 1 heterocycles.